The number of rotatable bonds is 12. The van der Waals surface area contributed by atoms with Gasteiger partial charge in [0.1, 0.15) is 11.5 Å². The highest BCUT2D eigenvalue weighted by atomic mass is 32.2. The topological polar surface area (TPSA) is 88.2 Å². The minimum Gasteiger partial charge on any atom is -0.497 e. The molecule has 2 aromatic carbocycles. The highest BCUT2D eigenvalue weighted by molar-refractivity contribution is 7.89. The number of ether oxygens (including phenoxy) is 2. The Hall–Kier alpha value is -2.62. The molecule has 1 N–H and O–H groups in total. The second-order valence-electron chi connectivity index (χ2n) is 7.98. The van der Waals surface area contributed by atoms with Gasteiger partial charge in [-0.2, -0.15) is 4.31 Å². The molecule has 0 heterocycles. The fraction of sp³-hybridized carbons (Fsp3) is 0.458. The summed E-state index contributed by atoms with van der Waals surface area (Å²) in [4.78, 5) is 15.1. The van der Waals surface area contributed by atoms with Gasteiger partial charge in [-0.15, -0.1) is 0 Å². The van der Waals surface area contributed by atoms with Crippen molar-refractivity contribution in [1.29, 1.82) is 0 Å². The molecule has 0 unspecified atom stereocenters. The second-order valence-corrected chi connectivity index (χ2v) is 9.92. The molecule has 0 aromatic heterocycles. The van der Waals surface area contributed by atoms with Crippen LogP contribution in [0.5, 0.6) is 11.5 Å². The van der Waals surface area contributed by atoms with E-state index in [1.54, 1.807) is 46.3 Å². The Morgan fingerprint density at radius 3 is 2.39 bits per heavy atom. The number of nitrogens with one attached hydrogen (secondary N) is 1. The number of anilines is 1. The molecule has 0 saturated heterocycles. The van der Waals surface area contributed by atoms with Crippen LogP contribution in [0.1, 0.15) is 32.3 Å². The SMILES string of the molecule is CCN(CC)S(=O)(=O)c1cccc(NC(=O)CN(Cc2cc(OC)ccc2OC)C2CC2)c1. The van der Waals surface area contributed by atoms with E-state index in [1.807, 2.05) is 18.2 Å². The monoisotopic (exact) mass is 475 g/mol. The number of nitrogens with zero attached hydrogens (tertiary/aromatic N) is 2. The summed E-state index contributed by atoms with van der Waals surface area (Å²) in [6, 6.07) is 12.4. The van der Waals surface area contributed by atoms with Crippen LogP contribution in [0.15, 0.2) is 47.4 Å². The summed E-state index contributed by atoms with van der Waals surface area (Å²) in [5.74, 6) is 1.29. The van der Waals surface area contributed by atoms with Crippen molar-refractivity contribution in [3.05, 3.63) is 48.0 Å². The van der Waals surface area contributed by atoms with Gasteiger partial charge in [0.25, 0.3) is 0 Å². The molecule has 1 amide bonds. The Kier molecular flexibility index (Phi) is 8.34. The first kappa shape index (κ1) is 25.0. The molecule has 1 aliphatic rings. The Balaban J connectivity index is 1.72. The molecule has 1 saturated carbocycles. The Bertz CT molecular complexity index is 1070. The maximum Gasteiger partial charge on any atom is 0.243 e. The maximum atomic E-state index is 12.9. The highest BCUT2D eigenvalue weighted by Crippen LogP contribution is 2.32. The molecule has 0 atom stereocenters. The van der Waals surface area contributed by atoms with Crippen LogP contribution in [0.25, 0.3) is 0 Å². The lowest BCUT2D eigenvalue weighted by atomic mass is 10.1. The zero-order valence-corrected chi connectivity index (χ0v) is 20.5. The van der Waals surface area contributed by atoms with Gasteiger partial charge < -0.3 is 14.8 Å². The number of hydrogen-bond acceptors (Lipinski definition) is 6. The van der Waals surface area contributed by atoms with Crippen LogP contribution in [0.4, 0.5) is 5.69 Å². The van der Waals surface area contributed by atoms with Crippen LogP contribution in [0, 0.1) is 0 Å². The van der Waals surface area contributed by atoms with Crippen LogP contribution in [0.3, 0.4) is 0 Å². The van der Waals surface area contributed by atoms with Crippen LogP contribution in [-0.4, -0.2) is 63.4 Å². The lowest BCUT2D eigenvalue weighted by molar-refractivity contribution is -0.117. The number of carbonyl (C=O) groups is 1. The summed E-state index contributed by atoms with van der Waals surface area (Å²) in [5, 5.41) is 2.86. The molecule has 9 heteroatoms. The fourth-order valence-electron chi connectivity index (χ4n) is 3.81. The third-order valence-electron chi connectivity index (χ3n) is 5.73. The molecule has 2 aromatic rings. The molecular weight excluding hydrogens is 442 g/mol. The van der Waals surface area contributed by atoms with Crippen molar-refractivity contribution in [3.63, 3.8) is 0 Å². The van der Waals surface area contributed by atoms with Crippen molar-refractivity contribution in [2.45, 2.75) is 44.2 Å². The minimum atomic E-state index is -3.60. The van der Waals surface area contributed by atoms with E-state index in [2.05, 4.69) is 10.2 Å². The van der Waals surface area contributed by atoms with Crippen molar-refractivity contribution in [1.82, 2.24) is 9.21 Å². The predicted octanol–water partition coefficient (Wildman–Crippen LogP) is 3.34. The second kappa shape index (κ2) is 11.0. The average Bonchev–Trinajstić information content (AvgIpc) is 3.65. The Morgan fingerprint density at radius 2 is 1.79 bits per heavy atom. The van der Waals surface area contributed by atoms with Gasteiger partial charge in [-0.3, -0.25) is 9.69 Å². The minimum absolute atomic E-state index is 0.171. The zero-order chi connectivity index (χ0) is 24.0. The zero-order valence-electron chi connectivity index (χ0n) is 19.7. The summed E-state index contributed by atoms with van der Waals surface area (Å²) in [6.45, 7) is 5.12. The fourth-order valence-corrected chi connectivity index (χ4v) is 5.31. The van der Waals surface area contributed by atoms with E-state index in [-0.39, 0.29) is 17.3 Å². The average molecular weight is 476 g/mol. The van der Waals surface area contributed by atoms with Crippen LogP contribution >= 0.6 is 0 Å². The van der Waals surface area contributed by atoms with Crippen LogP contribution in [-0.2, 0) is 21.4 Å². The molecule has 33 heavy (non-hydrogen) atoms. The molecule has 0 bridgehead atoms. The smallest absolute Gasteiger partial charge is 0.243 e. The van der Waals surface area contributed by atoms with Crippen molar-refractivity contribution in [3.8, 4) is 11.5 Å². The van der Waals surface area contributed by atoms with Crippen molar-refractivity contribution >= 4 is 21.6 Å². The summed E-state index contributed by atoms with van der Waals surface area (Å²) >= 11 is 0. The largest absolute Gasteiger partial charge is 0.497 e. The third-order valence-corrected chi connectivity index (χ3v) is 7.78. The van der Waals surface area contributed by atoms with Gasteiger partial charge in [0.2, 0.25) is 15.9 Å². The number of hydrogen-bond donors (Lipinski definition) is 1. The first-order valence-corrected chi connectivity index (χ1v) is 12.6. The quantitative estimate of drug-likeness (QED) is 0.507. The van der Waals surface area contributed by atoms with Crippen molar-refractivity contribution in [2.24, 2.45) is 0 Å². The standard InChI is InChI=1S/C24H33N3O5S/c1-5-27(6-2)33(29,30)22-9-7-8-19(15-22)25-24(28)17-26(20-10-11-20)16-18-14-21(31-3)12-13-23(18)32-4/h7-9,12-15,20H,5-6,10-11,16-17H2,1-4H3,(H,25,28). The molecule has 1 aliphatic carbocycles. The number of amides is 1. The maximum absolute atomic E-state index is 12.9. The lowest BCUT2D eigenvalue weighted by Gasteiger charge is -2.23. The van der Waals surface area contributed by atoms with E-state index in [0.717, 1.165) is 29.9 Å². The van der Waals surface area contributed by atoms with E-state index in [1.165, 1.54) is 10.4 Å². The van der Waals surface area contributed by atoms with Gasteiger partial charge in [0.05, 0.1) is 25.7 Å². The number of benzene rings is 2. The Morgan fingerprint density at radius 1 is 1.06 bits per heavy atom. The number of methoxy groups -OCH3 is 2. The molecule has 8 nitrogen and oxygen atoms in total. The molecule has 180 valence electrons. The lowest BCUT2D eigenvalue weighted by Crippen LogP contribution is -2.34. The molecule has 0 aliphatic heterocycles. The van der Waals surface area contributed by atoms with E-state index in [9.17, 15) is 13.2 Å². The van der Waals surface area contributed by atoms with E-state index in [0.29, 0.717) is 31.4 Å². The third kappa shape index (κ3) is 6.25. The van der Waals surface area contributed by atoms with E-state index >= 15 is 0 Å². The molecule has 1 fully saturated rings. The van der Waals surface area contributed by atoms with Gasteiger partial charge in [0.15, 0.2) is 0 Å². The Labute approximate surface area is 196 Å². The van der Waals surface area contributed by atoms with Crippen molar-refractivity contribution < 1.29 is 22.7 Å². The van der Waals surface area contributed by atoms with E-state index in [4.69, 9.17) is 9.47 Å². The van der Waals surface area contributed by atoms with E-state index < -0.39 is 10.0 Å². The summed E-state index contributed by atoms with van der Waals surface area (Å²) in [6.07, 6.45) is 2.08. The van der Waals surface area contributed by atoms with Gasteiger partial charge in [0, 0.05) is 36.9 Å². The van der Waals surface area contributed by atoms with Crippen LogP contribution in [0.2, 0.25) is 0 Å². The summed E-state index contributed by atoms with van der Waals surface area (Å²) in [5.41, 5.74) is 1.41. The highest BCUT2D eigenvalue weighted by Gasteiger charge is 2.31. The number of sulfonamides is 1. The van der Waals surface area contributed by atoms with Crippen LogP contribution < -0.4 is 14.8 Å². The van der Waals surface area contributed by atoms with Crippen molar-refractivity contribution in [2.75, 3.05) is 39.2 Å². The van der Waals surface area contributed by atoms with Gasteiger partial charge in [-0.25, -0.2) is 8.42 Å². The van der Waals surface area contributed by atoms with Gasteiger partial charge >= 0.3 is 0 Å². The first-order valence-electron chi connectivity index (χ1n) is 11.2. The molecule has 0 radical (unpaired) electrons. The van der Waals surface area contributed by atoms with Gasteiger partial charge in [-0.1, -0.05) is 19.9 Å². The first-order chi connectivity index (χ1) is 15.8. The molecule has 3 rings (SSSR count). The van der Waals surface area contributed by atoms with Gasteiger partial charge in [-0.05, 0) is 49.2 Å². The normalized spacial score (nSPS) is 13.9. The molecular formula is C24H33N3O5S. The predicted molar refractivity (Wildman–Crippen MR) is 128 cm³/mol. The summed E-state index contributed by atoms with van der Waals surface area (Å²) in [7, 11) is -0.354. The molecule has 0 spiro atoms. The summed E-state index contributed by atoms with van der Waals surface area (Å²) < 4.78 is 37.8. The number of carbonyl (C=O) groups excluding carboxylic acids is 1.